The summed E-state index contributed by atoms with van der Waals surface area (Å²) in [4.78, 5) is 7.19. The number of anilines is 1. The molecule has 3 unspecified atom stereocenters. The van der Waals surface area contributed by atoms with E-state index in [-0.39, 0.29) is 0 Å². The van der Waals surface area contributed by atoms with Gasteiger partial charge in [-0.15, -0.1) is 0 Å². The Labute approximate surface area is 111 Å². The van der Waals surface area contributed by atoms with E-state index in [1.165, 1.54) is 13.0 Å². The molecule has 0 aromatic carbocycles. The van der Waals surface area contributed by atoms with E-state index in [1.54, 1.807) is 0 Å². The highest BCUT2D eigenvalue weighted by molar-refractivity contribution is 5.34. The highest BCUT2D eigenvalue weighted by atomic mass is 15.2. The normalized spacial score (nSPS) is 29.2. The van der Waals surface area contributed by atoms with E-state index in [0.717, 1.165) is 29.9 Å². The van der Waals surface area contributed by atoms with Crippen molar-refractivity contribution in [3.05, 3.63) is 23.9 Å². The predicted molar refractivity (Wildman–Crippen MR) is 76.6 cm³/mol. The third kappa shape index (κ3) is 3.02. The number of aromatic nitrogens is 1. The molecule has 0 aliphatic carbocycles. The average Bonchev–Trinajstić information content (AvgIpc) is 2.35. The maximum atomic E-state index is 4.62. The second kappa shape index (κ2) is 5.70. The van der Waals surface area contributed by atoms with Crippen LogP contribution in [0.4, 0.5) is 5.82 Å². The van der Waals surface area contributed by atoms with Gasteiger partial charge < -0.3 is 5.32 Å². The van der Waals surface area contributed by atoms with Crippen LogP contribution in [-0.2, 0) is 6.54 Å². The Bertz CT molecular complexity index is 391. The fourth-order valence-electron chi connectivity index (χ4n) is 2.96. The quantitative estimate of drug-likeness (QED) is 0.890. The Morgan fingerprint density at radius 1 is 1.33 bits per heavy atom. The van der Waals surface area contributed by atoms with E-state index >= 15 is 0 Å². The summed E-state index contributed by atoms with van der Waals surface area (Å²) in [7, 11) is 1.92. The van der Waals surface area contributed by atoms with Crippen molar-refractivity contribution in [1.82, 2.24) is 9.88 Å². The van der Waals surface area contributed by atoms with Gasteiger partial charge in [0.1, 0.15) is 5.82 Å². The molecule has 0 spiro atoms. The number of hydrogen-bond donors (Lipinski definition) is 1. The molecule has 100 valence electrons. The molecular weight excluding hydrogens is 222 g/mol. The van der Waals surface area contributed by atoms with Gasteiger partial charge in [-0.25, -0.2) is 4.98 Å². The lowest BCUT2D eigenvalue weighted by Gasteiger charge is -2.41. The Morgan fingerprint density at radius 2 is 2.11 bits per heavy atom. The van der Waals surface area contributed by atoms with Crippen LogP contribution in [0.3, 0.4) is 0 Å². The molecule has 0 amide bonds. The topological polar surface area (TPSA) is 28.2 Å². The van der Waals surface area contributed by atoms with Crippen LogP contribution in [0.2, 0.25) is 0 Å². The minimum absolute atomic E-state index is 0.654. The SMILES string of the molecule is CNc1cccc(CN2CC(C)CC(C)C2C)n1. The van der Waals surface area contributed by atoms with Gasteiger partial charge in [-0.3, -0.25) is 4.90 Å². The lowest BCUT2D eigenvalue weighted by Crippen LogP contribution is -2.45. The molecule has 1 fully saturated rings. The summed E-state index contributed by atoms with van der Waals surface area (Å²) < 4.78 is 0. The monoisotopic (exact) mass is 247 g/mol. The number of nitrogens with one attached hydrogen (secondary N) is 1. The second-order valence-corrected chi connectivity index (χ2v) is 5.75. The molecule has 0 saturated carbocycles. The van der Waals surface area contributed by atoms with Crippen molar-refractivity contribution in [3.8, 4) is 0 Å². The van der Waals surface area contributed by atoms with E-state index in [0.29, 0.717) is 6.04 Å². The van der Waals surface area contributed by atoms with Crippen LogP contribution in [-0.4, -0.2) is 29.5 Å². The summed E-state index contributed by atoms with van der Waals surface area (Å²) in [5.74, 6) is 2.53. The summed E-state index contributed by atoms with van der Waals surface area (Å²) in [6, 6.07) is 6.86. The van der Waals surface area contributed by atoms with E-state index in [9.17, 15) is 0 Å². The largest absolute Gasteiger partial charge is 0.373 e. The summed E-state index contributed by atoms with van der Waals surface area (Å²) in [6.07, 6.45) is 1.35. The van der Waals surface area contributed by atoms with Crippen molar-refractivity contribution in [2.45, 2.75) is 39.8 Å². The number of rotatable bonds is 3. The first-order valence-corrected chi connectivity index (χ1v) is 6.98. The number of pyridine rings is 1. The second-order valence-electron chi connectivity index (χ2n) is 5.75. The van der Waals surface area contributed by atoms with Gasteiger partial charge in [0, 0.05) is 26.2 Å². The number of piperidine rings is 1. The molecule has 1 aromatic rings. The first-order valence-electron chi connectivity index (χ1n) is 6.98. The van der Waals surface area contributed by atoms with Gasteiger partial charge >= 0.3 is 0 Å². The first-order chi connectivity index (χ1) is 8.60. The third-order valence-corrected chi connectivity index (χ3v) is 4.15. The highest BCUT2D eigenvalue weighted by Crippen LogP contribution is 2.27. The van der Waals surface area contributed by atoms with Crippen molar-refractivity contribution < 1.29 is 0 Å². The zero-order valence-corrected chi connectivity index (χ0v) is 12.0. The molecule has 1 N–H and O–H groups in total. The highest BCUT2D eigenvalue weighted by Gasteiger charge is 2.28. The Morgan fingerprint density at radius 3 is 2.83 bits per heavy atom. The summed E-state index contributed by atoms with van der Waals surface area (Å²) in [6.45, 7) is 9.22. The van der Waals surface area contributed by atoms with Crippen molar-refractivity contribution >= 4 is 5.82 Å². The lowest BCUT2D eigenvalue weighted by atomic mass is 9.86. The molecule has 1 aromatic heterocycles. The van der Waals surface area contributed by atoms with Gasteiger partial charge in [0.15, 0.2) is 0 Å². The fourth-order valence-corrected chi connectivity index (χ4v) is 2.96. The van der Waals surface area contributed by atoms with E-state index in [2.05, 4.69) is 48.1 Å². The van der Waals surface area contributed by atoms with Crippen LogP contribution in [0.5, 0.6) is 0 Å². The molecule has 2 rings (SSSR count). The van der Waals surface area contributed by atoms with Gasteiger partial charge in [-0.1, -0.05) is 19.9 Å². The zero-order chi connectivity index (χ0) is 13.1. The predicted octanol–water partition coefficient (Wildman–Crippen LogP) is 2.99. The molecule has 18 heavy (non-hydrogen) atoms. The fraction of sp³-hybridized carbons (Fsp3) is 0.667. The summed E-state index contributed by atoms with van der Waals surface area (Å²) in [5, 5.41) is 3.10. The van der Waals surface area contributed by atoms with Gasteiger partial charge in [0.05, 0.1) is 5.69 Å². The minimum Gasteiger partial charge on any atom is -0.373 e. The molecular formula is C15H25N3. The van der Waals surface area contributed by atoms with Crippen molar-refractivity contribution in [2.24, 2.45) is 11.8 Å². The van der Waals surface area contributed by atoms with Crippen molar-refractivity contribution in [1.29, 1.82) is 0 Å². The first kappa shape index (κ1) is 13.3. The molecule has 0 bridgehead atoms. The van der Waals surface area contributed by atoms with Crippen molar-refractivity contribution in [3.63, 3.8) is 0 Å². The van der Waals surface area contributed by atoms with Crippen LogP contribution < -0.4 is 5.32 Å². The Balaban J connectivity index is 2.07. The molecule has 1 aliphatic rings. The smallest absolute Gasteiger partial charge is 0.126 e. The molecule has 3 atom stereocenters. The lowest BCUT2D eigenvalue weighted by molar-refractivity contribution is 0.0719. The van der Waals surface area contributed by atoms with E-state index in [4.69, 9.17) is 0 Å². The van der Waals surface area contributed by atoms with Gasteiger partial charge in [-0.2, -0.15) is 0 Å². The van der Waals surface area contributed by atoms with E-state index < -0.39 is 0 Å². The number of likely N-dealkylation sites (tertiary alicyclic amines) is 1. The van der Waals surface area contributed by atoms with Gasteiger partial charge in [0.2, 0.25) is 0 Å². The standard InChI is InChI=1S/C15H25N3/c1-11-8-12(2)13(3)18(9-11)10-14-6-5-7-15(16-4)17-14/h5-7,11-13H,8-10H2,1-4H3,(H,16,17). The van der Waals surface area contributed by atoms with Gasteiger partial charge in [0.25, 0.3) is 0 Å². The van der Waals surface area contributed by atoms with E-state index in [1.807, 2.05) is 13.1 Å². The van der Waals surface area contributed by atoms with Crippen LogP contribution in [0.1, 0.15) is 32.9 Å². The summed E-state index contributed by atoms with van der Waals surface area (Å²) >= 11 is 0. The molecule has 3 heteroatoms. The molecule has 2 heterocycles. The molecule has 0 radical (unpaired) electrons. The Kier molecular flexibility index (Phi) is 4.23. The molecule has 1 saturated heterocycles. The maximum Gasteiger partial charge on any atom is 0.126 e. The molecule has 3 nitrogen and oxygen atoms in total. The zero-order valence-electron chi connectivity index (χ0n) is 12.0. The average molecular weight is 247 g/mol. The van der Waals surface area contributed by atoms with Gasteiger partial charge in [-0.05, 0) is 37.3 Å². The Hall–Kier alpha value is -1.09. The van der Waals surface area contributed by atoms with Crippen LogP contribution in [0.25, 0.3) is 0 Å². The summed E-state index contributed by atoms with van der Waals surface area (Å²) in [5.41, 5.74) is 1.16. The number of nitrogens with zero attached hydrogens (tertiary/aromatic N) is 2. The van der Waals surface area contributed by atoms with Crippen molar-refractivity contribution in [2.75, 3.05) is 18.9 Å². The minimum atomic E-state index is 0.654. The number of hydrogen-bond acceptors (Lipinski definition) is 3. The third-order valence-electron chi connectivity index (χ3n) is 4.15. The molecule has 1 aliphatic heterocycles. The van der Waals surface area contributed by atoms with Crippen LogP contribution in [0, 0.1) is 11.8 Å². The van der Waals surface area contributed by atoms with Crippen LogP contribution >= 0.6 is 0 Å². The van der Waals surface area contributed by atoms with Crippen LogP contribution in [0.15, 0.2) is 18.2 Å². The maximum absolute atomic E-state index is 4.62.